The Morgan fingerprint density at radius 1 is 0.824 bits per heavy atom. The van der Waals surface area contributed by atoms with Crippen molar-refractivity contribution in [2.75, 3.05) is 32.8 Å². The molecule has 0 spiro atoms. The molecule has 396 valence electrons. The monoisotopic (exact) mass is 1050 g/mol. The van der Waals surface area contributed by atoms with Gasteiger partial charge in [0.05, 0.1) is 5.60 Å². The zero-order valence-electron chi connectivity index (χ0n) is 44.5. The predicted molar refractivity (Wildman–Crippen MR) is 296 cm³/mol. The maximum atomic E-state index is 13.7. The highest BCUT2D eigenvalue weighted by Crippen LogP contribution is 2.34. The smallest absolute Gasteiger partial charge is 0.260 e. The molecule has 0 aromatic heterocycles. The SMILES string of the molecule is C/C=C1/C=C(c2ccc(C3=NC(C)ON3)cc2Cl)C(=O)N(CC)/C1=N/C(NCCCNC(C)=O)=C(\C)CC.C=C(/N=C1\C(=C/C)C=C(c2ccc(C3=NC(C)ON3)cc2Cl)C(=O)N1CC)NC1CCOC(C)(C)C1. The van der Waals surface area contributed by atoms with Gasteiger partial charge in [0.2, 0.25) is 5.91 Å². The number of benzene rings is 2. The first-order valence-electron chi connectivity index (χ1n) is 25.3. The molecule has 5 aliphatic rings. The Morgan fingerprint density at radius 2 is 1.32 bits per heavy atom. The Morgan fingerprint density at radius 3 is 1.74 bits per heavy atom. The van der Waals surface area contributed by atoms with Gasteiger partial charge in [-0.1, -0.05) is 73.1 Å². The van der Waals surface area contributed by atoms with Crippen molar-refractivity contribution in [2.24, 2.45) is 20.0 Å². The number of halogens is 2. The first-order valence-corrected chi connectivity index (χ1v) is 26.0. The van der Waals surface area contributed by atoms with Crippen LogP contribution < -0.4 is 26.9 Å². The Balaban J connectivity index is 0.000000241. The van der Waals surface area contributed by atoms with E-state index in [1.54, 1.807) is 21.9 Å². The molecule has 3 atom stereocenters. The van der Waals surface area contributed by atoms with Crippen molar-refractivity contribution >= 4 is 75.4 Å². The summed E-state index contributed by atoms with van der Waals surface area (Å²) < 4.78 is 5.81. The first kappa shape index (κ1) is 56.9. The quantitative estimate of drug-likeness (QED) is 0.101. The van der Waals surface area contributed by atoms with Crippen molar-refractivity contribution in [3.63, 3.8) is 0 Å². The van der Waals surface area contributed by atoms with Crippen LogP contribution in [0.25, 0.3) is 11.1 Å². The van der Waals surface area contributed by atoms with Gasteiger partial charge in [-0.05, 0) is 118 Å². The van der Waals surface area contributed by atoms with Gasteiger partial charge in [-0.2, -0.15) is 0 Å². The number of allylic oxidation sites excluding steroid dienone is 3. The molecule has 0 aliphatic carbocycles. The lowest BCUT2D eigenvalue weighted by atomic mass is 9.94. The lowest BCUT2D eigenvalue weighted by Gasteiger charge is -2.36. The van der Waals surface area contributed by atoms with E-state index in [1.807, 2.05) is 97.0 Å². The predicted octanol–water partition coefficient (Wildman–Crippen LogP) is 8.89. The number of nitrogens with zero attached hydrogens (tertiary/aromatic N) is 6. The van der Waals surface area contributed by atoms with E-state index in [0.29, 0.717) is 94.3 Å². The maximum absolute atomic E-state index is 13.7. The minimum Gasteiger partial charge on any atom is -0.375 e. The summed E-state index contributed by atoms with van der Waals surface area (Å²) in [5, 5.41) is 10.5. The number of amidine groups is 4. The number of carbonyl (C=O) groups excluding carboxylic acids is 3. The second-order valence-electron chi connectivity index (χ2n) is 18.7. The van der Waals surface area contributed by atoms with Crippen LogP contribution in [-0.2, 0) is 28.8 Å². The molecule has 5 N–H and O–H groups in total. The van der Waals surface area contributed by atoms with Crippen LogP contribution in [-0.4, -0.2) is 108 Å². The van der Waals surface area contributed by atoms with Crippen molar-refractivity contribution in [1.29, 1.82) is 0 Å². The van der Waals surface area contributed by atoms with Gasteiger partial charge in [-0.15, -0.1) is 0 Å². The summed E-state index contributed by atoms with van der Waals surface area (Å²) in [6.45, 7) is 28.1. The van der Waals surface area contributed by atoms with Crippen LogP contribution in [0.5, 0.6) is 0 Å². The molecule has 2 aromatic rings. The molecule has 5 heterocycles. The summed E-state index contributed by atoms with van der Waals surface area (Å²) in [6, 6.07) is 11.2. The summed E-state index contributed by atoms with van der Waals surface area (Å²) in [7, 11) is 0. The van der Waals surface area contributed by atoms with Crippen molar-refractivity contribution < 1.29 is 28.8 Å². The van der Waals surface area contributed by atoms with Crippen LogP contribution in [0.1, 0.15) is 124 Å². The molecule has 0 bridgehead atoms. The van der Waals surface area contributed by atoms with Gasteiger partial charge in [0, 0.05) is 100 Å². The molecule has 74 heavy (non-hydrogen) atoms. The topological polar surface area (TPSA) is 195 Å². The number of carbonyl (C=O) groups is 3. The van der Waals surface area contributed by atoms with Crippen LogP contribution in [0.2, 0.25) is 10.0 Å². The fourth-order valence-electron chi connectivity index (χ4n) is 8.66. The maximum Gasteiger partial charge on any atom is 0.260 e. The number of likely N-dealkylation sites (N-methyl/N-ethyl adjacent to an activating group) is 2. The highest BCUT2D eigenvalue weighted by atomic mass is 35.5. The molecule has 2 aromatic carbocycles. The van der Waals surface area contributed by atoms with Crippen LogP contribution >= 0.6 is 23.2 Å². The summed E-state index contributed by atoms with van der Waals surface area (Å²) >= 11 is 13.3. The fraction of sp³-hybridized carbons (Fsp3) is 0.436. The number of amides is 3. The number of rotatable bonds is 16. The minimum atomic E-state index is -0.277. The molecule has 0 saturated carbocycles. The molecular formula is C55H71Cl2N11O6. The Kier molecular flexibility index (Phi) is 19.8. The van der Waals surface area contributed by atoms with Crippen LogP contribution in [0, 0.1) is 0 Å². The summed E-state index contributed by atoms with van der Waals surface area (Å²) in [6.07, 6.45) is 10.3. The summed E-state index contributed by atoms with van der Waals surface area (Å²) in [5.74, 6) is 3.25. The highest BCUT2D eigenvalue weighted by Gasteiger charge is 2.34. The third-order valence-electron chi connectivity index (χ3n) is 12.7. The number of hydrogen-bond acceptors (Lipinski definition) is 14. The van der Waals surface area contributed by atoms with E-state index < -0.39 is 0 Å². The average Bonchev–Trinajstić information content (AvgIpc) is 4.01. The molecule has 3 unspecified atom stereocenters. The van der Waals surface area contributed by atoms with Crippen LogP contribution in [0.3, 0.4) is 0 Å². The van der Waals surface area contributed by atoms with Gasteiger partial charge in [0.25, 0.3) is 11.8 Å². The van der Waals surface area contributed by atoms with E-state index in [1.165, 1.54) is 6.92 Å². The van der Waals surface area contributed by atoms with Crippen molar-refractivity contribution in [3.05, 3.63) is 128 Å². The number of nitrogens with one attached hydrogen (secondary N) is 5. The lowest BCUT2D eigenvalue weighted by molar-refractivity contribution is -0.122. The summed E-state index contributed by atoms with van der Waals surface area (Å²) in [4.78, 5) is 70.8. The zero-order chi connectivity index (χ0) is 53.9. The molecule has 0 radical (unpaired) electrons. The zero-order valence-corrected chi connectivity index (χ0v) is 46.0. The van der Waals surface area contributed by atoms with Gasteiger partial charge in [0.15, 0.2) is 24.1 Å². The molecule has 5 aliphatic heterocycles. The Bertz CT molecular complexity index is 2790. The standard InChI is InChI=1S/C28H37ClN6O3.C27H34ClN5O3/c1-7-17(4)25(31-14-10-13-30-18(5)36)33-27-20(8-2)15-23(28(37)35(27)9-3)22-12-11-21(16-24(22)29)26-32-19(6)38-34-26;1-7-18-13-22(21-10-9-19(14-23(21)28)24-31-17(4)36-32-24)26(34)33(8-2)25(18)30-16(3)29-20-11-12-35-27(5,6)15-20/h8,11-12,15-16,19,31H,7,9-10,13-14H2,1-6H3,(H,30,36)(H,32,34);7,9-10,13-14,17,20,29H,3,8,11-12,15H2,1-2,4-6H3,(H,31,32)/b20-8-,25-17+,33-27+;18-7-,30-25+. The molecule has 1 saturated heterocycles. The Hall–Kier alpha value is -6.37. The number of ether oxygens (including phenoxy) is 1. The van der Waals surface area contributed by atoms with E-state index in [0.717, 1.165) is 59.4 Å². The third-order valence-corrected chi connectivity index (χ3v) is 13.3. The van der Waals surface area contributed by atoms with Gasteiger partial charge in [0.1, 0.15) is 23.3 Å². The van der Waals surface area contributed by atoms with Gasteiger partial charge in [-0.25, -0.2) is 40.6 Å². The normalized spacial score (nSPS) is 23.1. The van der Waals surface area contributed by atoms with Gasteiger partial charge < -0.3 is 20.7 Å². The van der Waals surface area contributed by atoms with E-state index in [-0.39, 0.29) is 41.8 Å². The molecule has 1 fully saturated rings. The van der Waals surface area contributed by atoms with Gasteiger partial charge in [-0.3, -0.25) is 24.2 Å². The minimum absolute atomic E-state index is 0.0484. The highest BCUT2D eigenvalue weighted by molar-refractivity contribution is 6.39. The Labute approximate surface area is 445 Å². The summed E-state index contributed by atoms with van der Waals surface area (Å²) in [5.41, 5.74) is 12.0. The number of aliphatic imine (C=N–C) groups is 4. The van der Waals surface area contributed by atoms with E-state index >= 15 is 0 Å². The third kappa shape index (κ3) is 14.1. The average molecular weight is 1050 g/mol. The molecule has 3 amide bonds. The van der Waals surface area contributed by atoms with Crippen LogP contribution in [0.4, 0.5) is 0 Å². The molecule has 17 nitrogen and oxygen atoms in total. The van der Waals surface area contributed by atoms with E-state index in [4.69, 9.17) is 47.6 Å². The largest absolute Gasteiger partial charge is 0.375 e. The fourth-order valence-corrected chi connectivity index (χ4v) is 9.22. The van der Waals surface area contributed by atoms with Crippen molar-refractivity contribution in [1.82, 2.24) is 36.7 Å². The molecule has 7 rings (SSSR count). The lowest BCUT2D eigenvalue weighted by Crippen LogP contribution is -2.44. The first-order chi connectivity index (χ1) is 35.3. The van der Waals surface area contributed by atoms with E-state index in [2.05, 4.69) is 64.2 Å². The number of hydrogen-bond donors (Lipinski definition) is 5. The van der Waals surface area contributed by atoms with Crippen molar-refractivity contribution in [2.45, 2.75) is 126 Å². The molecular weight excluding hydrogens is 982 g/mol. The van der Waals surface area contributed by atoms with E-state index in [9.17, 15) is 14.4 Å². The second-order valence-corrected chi connectivity index (χ2v) is 19.5. The van der Waals surface area contributed by atoms with Crippen LogP contribution in [0.15, 0.2) is 116 Å². The van der Waals surface area contributed by atoms with Gasteiger partial charge >= 0.3 is 0 Å². The second kappa shape index (κ2) is 25.7. The number of hydroxylamine groups is 2. The molecule has 19 heteroatoms. The van der Waals surface area contributed by atoms with Crippen molar-refractivity contribution in [3.8, 4) is 0 Å².